The van der Waals surface area contributed by atoms with E-state index in [9.17, 15) is 24.3 Å². The van der Waals surface area contributed by atoms with Crippen LogP contribution in [0.1, 0.15) is 61.9 Å². The largest absolute Gasteiger partial charge is 0.444 e. The van der Waals surface area contributed by atoms with E-state index in [1.807, 2.05) is 51.1 Å². The van der Waals surface area contributed by atoms with Crippen molar-refractivity contribution in [3.63, 3.8) is 0 Å². The smallest absolute Gasteiger partial charge is 0.408 e. The Morgan fingerprint density at radius 3 is 2.10 bits per heavy atom. The Kier molecular flexibility index (Phi) is 11.0. The highest BCUT2D eigenvalue weighted by atomic mass is 16.6. The predicted molar refractivity (Wildman–Crippen MR) is 149 cm³/mol. The van der Waals surface area contributed by atoms with Gasteiger partial charge < -0.3 is 31.1 Å². The van der Waals surface area contributed by atoms with Crippen LogP contribution in [0.2, 0.25) is 0 Å². The van der Waals surface area contributed by atoms with E-state index in [-0.39, 0.29) is 19.4 Å². The average Bonchev–Trinajstić information content (AvgIpc) is 2.82. The molecule has 0 bridgehead atoms. The highest BCUT2D eigenvalue weighted by Gasteiger charge is 2.37. The second-order valence-corrected chi connectivity index (χ2v) is 10.5. The zero-order valence-corrected chi connectivity index (χ0v) is 23.5. The van der Waals surface area contributed by atoms with Crippen LogP contribution in [0.25, 0.3) is 0 Å². The molecule has 0 saturated heterocycles. The fourth-order valence-electron chi connectivity index (χ4n) is 4.27. The number of carbonyl (C=O) groups excluding carboxylic acids is 4. The molecule has 0 aliphatic heterocycles. The molecule has 5 N–H and O–H groups in total. The van der Waals surface area contributed by atoms with E-state index in [2.05, 4.69) is 10.6 Å². The molecule has 0 spiro atoms. The van der Waals surface area contributed by atoms with Gasteiger partial charge in [-0.25, -0.2) is 4.79 Å². The first kappa shape index (κ1) is 31.3. The molecule has 0 aliphatic carbocycles. The standard InChI is InChI=1S/C29H40N4O6/c1-18-10-7-8-13-21(18)31-26(36)25(24-19(2)11-9-12-20(24)3)33(16-17-34)27(37)22(14-15-23(30)35)32-28(38)39-29(4,5)6/h7-13,22,25,34H,14-17H2,1-6H3,(H2,30,35)(H,31,36)(H,32,38). The molecule has 2 aromatic carbocycles. The van der Waals surface area contributed by atoms with Gasteiger partial charge in [-0.2, -0.15) is 0 Å². The number of para-hydroxylation sites is 1. The number of nitrogens with one attached hydrogen (secondary N) is 2. The Morgan fingerprint density at radius 1 is 0.974 bits per heavy atom. The lowest BCUT2D eigenvalue weighted by Gasteiger charge is -2.35. The summed E-state index contributed by atoms with van der Waals surface area (Å²) in [7, 11) is 0. The molecule has 39 heavy (non-hydrogen) atoms. The normalized spacial score (nSPS) is 12.7. The Morgan fingerprint density at radius 2 is 1.56 bits per heavy atom. The van der Waals surface area contributed by atoms with E-state index in [1.54, 1.807) is 32.9 Å². The van der Waals surface area contributed by atoms with Gasteiger partial charge in [-0.15, -0.1) is 0 Å². The van der Waals surface area contributed by atoms with Crippen LogP contribution in [0.3, 0.4) is 0 Å². The molecule has 10 heteroatoms. The number of aliphatic hydroxyl groups excluding tert-OH is 1. The number of hydrogen-bond donors (Lipinski definition) is 4. The van der Waals surface area contributed by atoms with Crippen LogP contribution in [0, 0.1) is 20.8 Å². The number of nitrogens with zero attached hydrogens (tertiary/aromatic N) is 1. The Bertz CT molecular complexity index is 1170. The summed E-state index contributed by atoms with van der Waals surface area (Å²) in [6.07, 6.45) is -1.17. The molecule has 0 aliphatic rings. The monoisotopic (exact) mass is 540 g/mol. The Labute approximate surface area is 229 Å². The van der Waals surface area contributed by atoms with Crippen LogP contribution in [0.4, 0.5) is 10.5 Å². The minimum atomic E-state index is -1.24. The van der Waals surface area contributed by atoms with E-state index in [4.69, 9.17) is 10.5 Å². The van der Waals surface area contributed by atoms with Gasteiger partial charge in [0.1, 0.15) is 17.7 Å². The van der Waals surface area contributed by atoms with Gasteiger partial charge in [0.15, 0.2) is 0 Å². The number of carbonyl (C=O) groups is 4. The SMILES string of the molecule is Cc1ccccc1NC(=O)C(c1c(C)cccc1C)N(CCO)C(=O)C(CCC(N)=O)NC(=O)OC(C)(C)C. The van der Waals surface area contributed by atoms with Crippen molar-refractivity contribution >= 4 is 29.5 Å². The van der Waals surface area contributed by atoms with Crippen molar-refractivity contribution in [3.8, 4) is 0 Å². The second kappa shape index (κ2) is 13.7. The molecule has 0 fully saturated rings. The van der Waals surface area contributed by atoms with Crippen molar-refractivity contribution in [3.05, 3.63) is 64.7 Å². The van der Waals surface area contributed by atoms with Gasteiger partial charge >= 0.3 is 6.09 Å². The average molecular weight is 541 g/mol. The lowest BCUT2D eigenvalue weighted by molar-refractivity contribution is -0.141. The van der Waals surface area contributed by atoms with Gasteiger partial charge in [0, 0.05) is 18.7 Å². The van der Waals surface area contributed by atoms with Crippen LogP contribution in [-0.2, 0) is 19.1 Å². The van der Waals surface area contributed by atoms with E-state index >= 15 is 0 Å². The maximum absolute atomic E-state index is 14.0. The van der Waals surface area contributed by atoms with Crippen molar-refractivity contribution in [1.82, 2.24) is 10.2 Å². The number of primary amides is 1. The number of aryl methyl sites for hydroxylation is 3. The topological polar surface area (TPSA) is 151 Å². The van der Waals surface area contributed by atoms with Crippen LogP contribution < -0.4 is 16.4 Å². The third kappa shape index (κ3) is 9.10. The zero-order valence-electron chi connectivity index (χ0n) is 23.5. The van der Waals surface area contributed by atoms with Gasteiger partial charge in [-0.1, -0.05) is 36.4 Å². The van der Waals surface area contributed by atoms with Gasteiger partial charge in [-0.05, 0) is 76.3 Å². The summed E-state index contributed by atoms with van der Waals surface area (Å²) in [5.41, 5.74) is 8.04. The summed E-state index contributed by atoms with van der Waals surface area (Å²) in [5.74, 6) is -1.81. The fourth-order valence-corrected chi connectivity index (χ4v) is 4.27. The molecule has 0 radical (unpaired) electrons. The first-order chi connectivity index (χ1) is 18.2. The molecule has 0 aromatic heterocycles. The maximum atomic E-state index is 14.0. The highest BCUT2D eigenvalue weighted by molar-refractivity contribution is 6.00. The van der Waals surface area contributed by atoms with Gasteiger partial charge in [-0.3, -0.25) is 14.4 Å². The molecular formula is C29H40N4O6. The number of hydrogen-bond acceptors (Lipinski definition) is 6. The summed E-state index contributed by atoms with van der Waals surface area (Å²) in [5, 5.41) is 15.4. The molecular weight excluding hydrogens is 500 g/mol. The number of anilines is 1. The van der Waals surface area contributed by atoms with E-state index in [0.717, 1.165) is 16.7 Å². The van der Waals surface area contributed by atoms with Crippen LogP contribution in [0.15, 0.2) is 42.5 Å². The van der Waals surface area contributed by atoms with E-state index < -0.39 is 48.1 Å². The summed E-state index contributed by atoms with van der Waals surface area (Å²) >= 11 is 0. The van der Waals surface area contributed by atoms with Crippen LogP contribution in [0.5, 0.6) is 0 Å². The van der Waals surface area contributed by atoms with Gasteiger partial charge in [0.25, 0.3) is 5.91 Å². The number of aliphatic hydroxyl groups is 1. The second-order valence-electron chi connectivity index (χ2n) is 10.5. The molecule has 4 amide bonds. The highest BCUT2D eigenvalue weighted by Crippen LogP contribution is 2.30. The summed E-state index contributed by atoms with van der Waals surface area (Å²) in [6, 6.07) is 10.4. The number of alkyl carbamates (subject to hydrolysis) is 1. The quantitative estimate of drug-likeness (QED) is 0.343. The molecule has 2 unspecified atom stereocenters. The summed E-state index contributed by atoms with van der Waals surface area (Å²) < 4.78 is 5.32. The summed E-state index contributed by atoms with van der Waals surface area (Å²) in [6.45, 7) is 9.91. The summed E-state index contributed by atoms with van der Waals surface area (Å²) in [4.78, 5) is 53.3. The number of ether oxygens (including phenoxy) is 1. The molecule has 2 rings (SSSR count). The lowest BCUT2D eigenvalue weighted by atomic mass is 9.93. The zero-order chi connectivity index (χ0) is 29.3. The Balaban J connectivity index is 2.58. The lowest BCUT2D eigenvalue weighted by Crippen LogP contribution is -2.53. The van der Waals surface area contributed by atoms with E-state index in [0.29, 0.717) is 11.3 Å². The van der Waals surface area contributed by atoms with Crippen molar-refractivity contribution in [2.24, 2.45) is 5.73 Å². The van der Waals surface area contributed by atoms with Gasteiger partial charge in [0.05, 0.1) is 6.61 Å². The number of rotatable bonds is 11. The molecule has 2 aromatic rings. The maximum Gasteiger partial charge on any atom is 0.408 e. The van der Waals surface area contributed by atoms with Crippen LogP contribution in [-0.4, -0.2) is 58.6 Å². The van der Waals surface area contributed by atoms with E-state index in [1.165, 1.54) is 4.90 Å². The third-order valence-electron chi connectivity index (χ3n) is 6.07. The predicted octanol–water partition coefficient (Wildman–Crippen LogP) is 3.27. The first-order valence-electron chi connectivity index (χ1n) is 12.9. The molecule has 212 valence electrons. The van der Waals surface area contributed by atoms with Crippen LogP contribution >= 0.6 is 0 Å². The number of benzene rings is 2. The third-order valence-corrected chi connectivity index (χ3v) is 6.07. The number of amides is 4. The minimum absolute atomic E-state index is 0.117. The minimum Gasteiger partial charge on any atom is -0.444 e. The number of nitrogens with two attached hydrogens (primary N) is 1. The molecule has 2 atom stereocenters. The first-order valence-corrected chi connectivity index (χ1v) is 12.9. The van der Waals surface area contributed by atoms with Gasteiger partial charge in [0.2, 0.25) is 11.8 Å². The van der Waals surface area contributed by atoms with Crippen molar-refractivity contribution in [1.29, 1.82) is 0 Å². The molecule has 10 nitrogen and oxygen atoms in total. The Hall–Kier alpha value is -3.92. The van der Waals surface area contributed by atoms with Crippen molar-refractivity contribution in [2.75, 3.05) is 18.5 Å². The fraction of sp³-hybridized carbons (Fsp3) is 0.448. The molecule has 0 saturated carbocycles. The molecule has 0 heterocycles. The van der Waals surface area contributed by atoms with Crippen molar-refractivity contribution < 1.29 is 29.0 Å². The van der Waals surface area contributed by atoms with Crippen molar-refractivity contribution in [2.45, 2.75) is 72.1 Å².